The summed E-state index contributed by atoms with van der Waals surface area (Å²) >= 11 is 0. The topological polar surface area (TPSA) is 206 Å². The number of carboxylic acid groups (broad SMARTS) is 1. The molecule has 5 N–H and O–H groups in total. The molecule has 0 unspecified atom stereocenters. The minimum Gasteiger partial charge on any atom is -0.483 e. The van der Waals surface area contributed by atoms with Gasteiger partial charge in [0.15, 0.2) is 29.3 Å². The van der Waals surface area contributed by atoms with Gasteiger partial charge in [0.25, 0.3) is 6.47 Å². The first-order chi connectivity index (χ1) is 24.5. The number of aliphatic hydroxyl groups is 2. The number of anilines is 2. The Morgan fingerprint density at radius 2 is 1.64 bits per heavy atom. The molecule has 2 saturated heterocycles. The molecule has 7 rings (SSSR count). The summed E-state index contributed by atoms with van der Waals surface area (Å²) in [6.45, 7) is 6.81. The lowest BCUT2D eigenvalue weighted by Crippen LogP contribution is -2.39. The molecule has 5 aromatic rings. The molecule has 0 saturated carbocycles. The van der Waals surface area contributed by atoms with Crippen LogP contribution in [0.4, 0.5) is 11.8 Å². The monoisotopic (exact) mass is 687 g/mol. The Balaban J connectivity index is 0.00000139. The van der Waals surface area contributed by atoms with Crippen molar-refractivity contribution in [2.24, 2.45) is 0 Å². The van der Waals surface area contributed by atoms with Gasteiger partial charge in [0.1, 0.15) is 12.2 Å². The molecule has 2 fully saturated rings. The van der Waals surface area contributed by atoms with Crippen molar-refractivity contribution in [2.45, 2.75) is 43.8 Å². The molecule has 2 aliphatic heterocycles. The maximum atomic E-state index is 11.1. The molecular weight excluding hydrogens is 646 g/mol. The summed E-state index contributed by atoms with van der Waals surface area (Å²) in [4.78, 5) is 29.3. The van der Waals surface area contributed by atoms with Crippen LogP contribution in [-0.2, 0) is 20.7 Å². The highest BCUT2D eigenvalue weighted by atomic mass is 16.6. The number of fused-ring (bicyclic) bond motifs is 1. The fourth-order valence-corrected chi connectivity index (χ4v) is 6.08. The predicted octanol–water partition coefficient (Wildman–Crippen LogP) is 2.45. The summed E-state index contributed by atoms with van der Waals surface area (Å²) < 4.78 is 18.5. The number of rotatable bonds is 12. The van der Waals surface area contributed by atoms with Gasteiger partial charge in [-0.3, -0.25) is 14.3 Å². The minimum atomic E-state index is -1.30. The summed E-state index contributed by atoms with van der Waals surface area (Å²) in [5.74, 6) is 1.58. The number of carbonyl (C=O) groups is 1. The van der Waals surface area contributed by atoms with Gasteiger partial charge in [-0.05, 0) is 11.1 Å². The molecule has 4 atom stereocenters. The number of imidazole rings is 1. The average Bonchev–Trinajstić information content (AvgIpc) is 3.88. The summed E-state index contributed by atoms with van der Waals surface area (Å²) in [6, 6.07) is 20.7. The number of hydrogen-bond acceptors (Lipinski definition) is 14. The van der Waals surface area contributed by atoms with Crippen LogP contribution in [0.1, 0.15) is 48.0 Å². The smallest absolute Gasteiger partial charge is 0.290 e. The molecular formula is C34H41N9O7. The van der Waals surface area contributed by atoms with Crippen LogP contribution in [0.3, 0.4) is 0 Å². The SMILES string of the molecule is CCc1nc([C@H]2O[C@@H](n3cnc4c(NCC(c5ccccc5)c5ccccc5)nc(NCCN5CCOCC5)nc43)[C@H](O)[C@@H]2O)no1.O=CO. The van der Waals surface area contributed by atoms with Gasteiger partial charge in [0.05, 0.1) is 19.5 Å². The third kappa shape index (κ3) is 7.90. The highest BCUT2D eigenvalue weighted by molar-refractivity contribution is 5.84. The van der Waals surface area contributed by atoms with Crippen LogP contribution >= 0.6 is 0 Å². The largest absolute Gasteiger partial charge is 0.483 e. The van der Waals surface area contributed by atoms with Gasteiger partial charge in [-0.15, -0.1) is 0 Å². The lowest BCUT2D eigenvalue weighted by Gasteiger charge is -2.26. The van der Waals surface area contributed by atoms with Crippen molar-refractivity contribution in [3.8, 4) is 0 Å². The third-order valence-electron chi connectivity index (χ3n) is 8.67. The molecule has 2 aromatic carbocycles. The van der Waals surface area contributed by atoms with Gasteiger partial charge in [0, 0.05) is 45.1 Å². The highest BCUT2D eigenvalue weighted by Gasteiger charge is 2.47. The van der Waals surface area contributed by atoms with Crippen LogP contribution in [-0.4, -0.2) is 114 Å². The van der Waals surface area contributed by atoms with Gasteiger partial charge < -0.3 is 39.9 Å². The van der Waals surface area contributed by atoms with Gasteiger partial charge in [-0.25, -0.2) is 4.98 Å². The first-order valence-electron chi connectivity index (χ1n) is 16.5. The van der Waals surface area contributed by atoms with Crippen molar-refractivity contribution in [1.82, 2.24) is 34.6 Å². The van der Waals surface area contributed by atoms with Crippen molar-refractivity contribution in [3.05, 3.63) is 89.8 Å². The molecule has 5 heterocycles. The summed E-state index contributed by atoms with van der Waals surface area (Å²) in [7, 11) is 0. The number of nitrogens with zero attached hydrogens (tertiary/aromatic N) is 7. The highest BCUT2D eigenvalue weighted by Crippen LogP contribution is 2.39. The zero-order valence-electron chi connectivity index (χ0n) is 27.6. The molecule has 0 bridgehead atoms. The van der Waals surface area contributed by atoms with E-state index in [-0.39, 0.29) is 18.2 Å². The Labute approximate surface area is 288 Å². The molecule has 16 heteroatoms. The Morgan fingerprint density at radius 3 is 2.28 bits per heavy atom. The normalized spacial score (nSPS) is 20.8. The van der Waals surface area contributed by atoms with E-state index >= 15 is 0 Å². The Bertz CT molecular complexity index is 1760. The Kier molecular flexibility index (Phi) is 11.6. The molecule has 0 aliphatic carbocycles. The van der Waals surface area contributed by atoms with E-state index in [1.807, 2.05) is 43.3 Å². The summed E-state index contributed by atoms with van der Waals surface area (Å²) in [6.07, 6.45) is -2.50. The van der Waals surface area contributed by atoms with E-state index in [9.17, 15) is 10.2 Å². The predicted molar refractivity (Wildman–Crippen MR) is 182 cm³/mol. The second-order valence-corrected chi connectivity index (χ2v) is 11.8. The van der Waals surface area contributed by atoms with E-state index in [4.69, 9.17) is 33.9 Å². The van der Waals surface area contributed by atoms with E-state index in [2.05, 4.69) is 54.9 Å². The maximum absolute atomic E-state index is 11.1. The summed E-state index contributed by atoms with van der Waals surface area (Å²) in [5.41, 5.74) is 3.28. The lowest BCUT2D eigenvalue weighted by atomic mass is 9.91. The number of nitrogens with one attached hydrogen (secondary N) is 2. The van der Waals surface area contributed by atoms with Gasteiger partial charge in [-0.1, -0.05) is 72.7 Å². The Morgan fingerprint density at radius 1 is 0.960 bits per heavy atom. The molecule has 0 spiro atoms. The first kappa shape index (κ1) is 34.8. The quantitative estimate of drug-likeness (QED) is 0.119. The van der Waals surface area contributed by atoms with Gasteiger partial charge in [-0.2, -0.15) is 15.0 Å². The maximum Gasteiger partial charge on any atom is 0.290 e. The number of morpholine rings is 1. The Hall–Kier alpha value is -5.00. The second kappa shape index (κ2) is 16.6. The van der Waals surface area contributed by atoms with Crippen LogP contribution in [0.25, 0.3) is 11.2 Å². The van der Waals surface area contributed by atoms with Gasteiger partial charge in [0.2, 0.25) is 17.7 Å². The first-order valence-corrected chi connectivity index (χ1v) is 16.5. The fraction of sp³-hybridized carbons (Fsp3) is 0.412. The molecule has 3 aromatic heterocycles. The van der Waals surface area contributed by atoms with Crippen molar-refractivity contribution >= 4 is 29.4 Å². The number of benzene rings is 2. The molecule has 0 amide bonds. The van der Waals surface area contributed by atoms with E-state index < -0.39 is 24.5 Å². The number of aromatic nitrogens is 6. The third-order valence-corrected chi connectivity index (χ3v) is 8.67. The van der Waals surface area contributed by atoms with Crippen LogP contribution in [0.2, 0.25) is 0 Å². The number of ether oxygens (including phenoxy) is 2. The average molecular weight is 688 g/mol. The van der Waals surface area contributed by atoms with Crippen LogP contribution in [0, 0.1) is 0 Å². The summed E-state index contributed by atoms with van der Waals surface area (Å²) in [5, 5.41) is 39.9. The van der Waals surface area contributed by atoms with E-state index in [1.165, 1.54) is 11.1 Å². The van der Waals surface area contributed by atoms with Gasteiger partial charge >= 0.3 is 0 Å². The molecule has 0 radical (unpaired) electrons. The van der Waals surface area contributed by atoms with Crippen molar-refractivity contribution in [1.29, 1.82) is 0 Å². The lowest BCUT2D eigenvalue weighted by molar-refractivity contribution is -0.122. The molecule has 50 heavy (non-hydrogen) atoms. The van der Waals surface area contributed by atoms with E-state index in [1.54, 1.807) is 10.9 Å². The van der Waals surface area contributed by atoms with Crippen LogP contribution < -0.4 is 10.6 Å². The number of hydrogen-bond donors (Lipinski definition) is 5. The van der Waals surface area contributed by atoms with Crippen molar-refractivity contribution in [3.63, 3.8) is 0 Å². The molecule has 16 nitrogen and oxygen atoms in total. The standard InChI is InChI=1S/C33H39N9O5.CH2O2/c1-2-24-37-30(40-47-24)28-26(43)27(44)32(46-28)42-20-36-25-29(38-33(39-31(25)42)34-13-14-41-15-17-45-18-16-41)35-19-23(21-9-5-3-6-10-21)22-11-7-4-8-12-22;2-1-3/h3-12,20,23,26-28,32,43-44H,2,13-19H2,1H3,(H2,34,35,38,39);1H,(H,2,3)/t26-,27+,28-,32+;/m0./s1. The second-order valence-electron chi connectivity index (χ2n) is 11.8. The van der Waals surface area contributed by atoms with Crippen LogP contribution in [0.5, 0.6) is 0 Å². The number of aliphatic hydroxyl groups excluding tert-OH is 2. The van der Waals surface area contributed by atoms with Crippen molar-refractivity contribution < 1.29 is 34.1 Å². The molecule has 2 aliphatic rings. The minimum absolute atomic E-state index is 0.0427. The molecule has 264 valence electrons. The van der Waals surface area contributed by atoms with E-state index in [0.717, 1.165) is 32.8 Å². The number of aryl methyl sites for hydroxylation is 1. The fourth-order valence-electron chi connectivity index (χ4n) is 6.08. The zero-order chi connectivity index (χ0) is 34.9. The van der Waals surface area contributed by atoms with E-state index in [0.29, 0.717) is 48.3 Å². The van der Waals surface area contributed by atoms with Crippen molar-refractivity contribution in [2.75, 3.05) is 56.6 Å². The van der Waals surface area contributed by atoms with Crippen LogP contribution in [0.15, 0.2) is 71.5 Å². The zero-order valence-corrected chi connectivity index (χ0v) is 27.6.